The van der Waals surface area contributed by atoms with E-state index in [1.54, 1.807) is 0 Å². The lowest BCUT2D eigenvalue weighted by Gasteiger charge is -2.05. The summed E-state index contributed by atoms with van der Waals surface area (Å²) in [7, 11) is 0. The van der Waals surface area contributed by atoms with Gasteiger partial charge in [0.25, 0.3) is 0 Å². The third-order valence-electron chi connectivity index (χ3n) is 3.75. The number of hydrogen-bond acceptors (Lipinski definition) is 6. The minimum absolute atomic E-state index is 0.00496. The molecule has 31 heavy (non-hydrogen) atoms. The molecule has 0 bridgehead atoms. The van der Waals surface area contributed by atoms with E-state index in [0.717, 1.165) is 0 Å². The molecular formula is C22H16O9. The Hall–Kier alpha value is -4.66. The maximum atomic E-state index is 11.8. The fraction of sp³-hybridized carbons (Fsp3) is 0. The molecule has 0 saturated heterocycles. The van der Waals surface area contributed by atoms with Gasteiger partial charge in [0.1, 0.15) is 11.5 Å². The van der Waals surface area contributed by atoms with Crippen LogP contribution in [0, 0.1) is 0 Å². The second-order valence-electron chi connectivity index (χ2n) is 5.96. The third-order valence-corrected chi connectivity index (χ3v) is 3.75. The lowest BCUT2D eigenvalue weighted by molar-refractivity contribution is 0.0681. The van der Waals surface area contributed by atoms with Gasteiger partial charge in [0.05, 0.1) is 22.3 Å². The minimum atomic E-state index is -1.12. The summed E-state index contributed by atoms with van der Waals surface area (Å²) in [6.07, 6.45) is 0. The van der Waals surface area contributed by atoms with E-state index in [1.807, 2.05) is 0 Å². The second kappa shape index (κ2) is 10.2. The molecule has 9 heteroatoms. The summed E-state index contributed by atoms with van der Waals surface area (Å²) in [5, 5.41) is 35.0. The average Bonchev–Trinajstić information content (AvgIpc) is 2.74. The highest BCUT2D eigenvalue weighted by Gasteiger charge is 2.12. The SMILES string of the molecule is O=C(O)c1ccc(C(=O)O)cc1.O=C(O)c1cccc(C(=O)Oc2cccc(O)c2)c1. The lowest BCUT2D eigenvalue weighted by Crippen LogP contribution is -2.09. The predicted octanol–water partition coefficient (Wildman–Crippen LogP) is 3.39. The monoisotopic (exact) mass is 424 g/mol. The van der Waals surface area contributed by atoms with Crippen LogP contribution in [0.5, 0.6) is 11.5 Å². The maximum absolute atomic E-state index is 11.8. The normalized spacial score (nSPS) is 9.68. The molecule has 9 nitrogen and oxygen atoms in total. The van der Waals surface area contributed by atoms with Crippen LogP contribution in [0.3, 0.4) is 0 Å². The Bertz CT molecular complexity index is 1080. The summed E-state index contributed by atoms with van der Waals surface area (Å²) in [5.74, 6) is -3.77. The van der Waals surface area contributed by atoms with Crippen molar-refractivity contribution in [2.75, 3.05) is 0 Å². The smallest absolute Gasteiger partial charge is 0.343 e. The molecule has 0 heterocycles. The quantitative estimate of drug-likeness (QED) is 0.356. The summed E-state index contributed by atoms with van der Waals surface area (Å²) in [4.78, 5) is 43.3. The molecule has 0 saturated carbocycles. The largest absolute Gasteiger partial charge is 0.508 e. The molecule has 0 aromatic heterocycles. The summed E-state index contributed by atoms with van der Waals surface area (Å²) in [5.41, 5.74) is 0.300. The minimum Gasteiger partial charge on any atom is -0.508 e. The first kappa shape index (κ1) is 22.6. The molecule has 0 atom stereocenters. The topological polar surface area (TPSA) is 158 Å². The van der Waals surface area contributed by atoms with Crippen molar-refractivity contribution in [2.45, 2.75) is 0 Å². The number of hydrogen-bond donors (Lipinski definition) is 4. The number of carboxylic acids is 3. The molecule has 0 fully saturated rings. The van der Waals surface area contributed by atoms with Gasteiger partial charge in [-0.15, -0.1) is 0 Å². The lowest BCUT2D eigenvalue weighted by atomic mass is 10.1. The standard InChI is InChI=1S/C14H10O5.C8H6O4/c15-11-5-2-6-12(8-11)19-14(18)10-4-1-3-9(7-10)13(16)17;9-7(10)5-1-2-6(4-3-5)8(11)12/h1-8,15H,(H,16,17);1-4H,(H,9,10)(H,11,12). The van der Waals surface area contributed by atoms with Gasteiger partial charge >= 0.3 is 23.9 Å². The zero-order valence-corrected chi connectivity index (χ0v) is 15.8. The fourth-order valence-electron chi connectivity index (χ4n) is 2.25. The highest BCUT2D eigenvalue weighted by Crippen LogP contribution is 2.19. The molecule has 0 radical (unpaired) electrons. The number of rotatable bonds is 5. The maximum Gasteiger partial charge on any atom is 0.343 e. The molecule has 0 aliphatic heterocycles. The Morgan fingerprint density at radius 3 is 1.55 bits per heavy atom. The van der Waals surface area contributed by atoms with E-state index in [0.29, 0.717) is 0 Å². The van der Waals surface area contributed by atoms with Crippen LogP contribution in [0.25, 0.3) is 0 Å². The number of phenols is 1. The van der Waals surface area contributed by atoms with Crippen molar-refractivity contribution in [1.82, 2.24) is 0 Å². The fourth-order valence-corrected chi connectivity index (χ4v) is 2.25. The van der Waals surface area contributed by atoms with Crippen LogP contribution < -0.4 is 4.74 Å². The van der Waals surface area contributed by atoms with Crippen LogP contribution in [-0.4, -0.2) is 44.3 Å². The van der Waals surface area contributed by atoms with Gasteiger partial charge in [-0.05, 0) is 54.6 Å². The van der Waals surface area contributed by atoms with E-state index in [-0.39, 0.29) is 33.8 Å². The number of carbonyl (C=O) groups excluding carboxylic acids is 1. The number of carbonyl (C=O) groups is 4. The number of ether oxygens (including phenoxy) is 1. The van der Waals surface area contributed by atoms with Crippen LogP contribution in [0.4, 0.5) is 0 Å². The molecule has 0 unspecified atom stereocenters. The number of aromatic hydroxyl groups is 1. The first-order valence-corrected chi connectivity index (χ1v) is 8.58. The van der Waals surface area contributed by atoms with Crippen molar-refractivity contribution >= 4 is 23.9 Å². The van der Waals surface area contributed by atoms with Gasteiger partial charge in [-0.25, -0.2) is 19.2 Å². The van der Waals surface area contributed by atoms with Crippen molar-refractivity contribution in [3.63, 3.8) is 0 Å². The van der Waals surface area contributed by atoms with Crippen LogP contribution in [0.2, 0.25) is 0 Å². The van der Waals surface area contributed by atoms with Crippen molar-refractivity contribution in [2.24, 2.45) is 0 Å². The summed E-state index contributed by atoms with van der Waals surface area (Å²) < 4.78 is 5.02. The number of benzene rings is 3. The molecule has 3 aromatic carbocycles. The van der Waals surface area contributed by atoms with Gasteiger partial charge in [-0.3, -0.25) is 0 Å². The van der Waals surface area contributed by atoms with Crippen molar-refractivity contribution < 1.29 is 44.3 Å². The predicted molar refractivity (Wildman–Crippen MR) is 107 cm³/mol. The van der Waals surface area contributed by atoms with Crippen LogP contribution >= 0.6 is 0 Å². The second-order valence-corrected chi connectivity index (χ2v) is 5.96. The van der Waals surface area contributed by atoms with Gasteiger partial charge in [0.15, 0.2) is 0 Å². The van der Waals surface area contributed by atoms with Crippen molar-refractivity contribution in [3.05, 3.63) is 95.1 Å². The van der Waals surface area contributed by atoms with Crippen LogP contribution in [-0.2, 0) is 0 Å². The molecule has 158 valence electrons. The van der Waals surface area contributed by atoms with E-state index >= 15 is 0 Å². The Morgan fingerprint density at radius 2 is 1.06 bits per heavy atom. The molecule has 0 aliphatic rings. The molecule has 0 aliphatic carbocycles. The van der Waals surface area contributed by atoms with E-state index in [4.69, 9.17) is 20.1 Å². The van der Waals surface area contributed by atoms with Crippen LogP contribution in [0.1, 0.15) is 41.4 Å². The third kappa shape index (κ3) is 6.71. The Morgan fingerprint density at radius 1 is 0.581 bits per heavy atom. The van der Waals surface area contributed by atoms with E-state index in [1.165, 1.54) is 72.8 Å². The van der Waals surface area contributed by atoms with E-state index in [2.05, 4.69) is 0 Å². The number of carboxylic acid groups (broad SMARTS) is 3. The first-order chi connectivity index (χ1) is 14.7. The summed E-state index contributed by atoms with van der Waals surface area (Å²) >= 11 is 0. The summed E-state index contributed by atoms with van der Waals surface area (Å²) in [6, 6.07) is 16.3. The van der Waals surface area contributed by atoms with E-state index < -0.39 is 23.9 Å². The zero-order chi connectivity index (χ0) is 23.0. The Labute approximate surface area is 175 Å². The summed E-state index contributed by atoms with van der Waals surface area (Å²) in [6.45, 7) is 0. The first-order valence-electron chi connectivity index (χ1n) is 8.58. The van der Waals surface area contributed by atoms with Gasteiger partial charge in [-0.1, -0.05) is 12.1 Å². The van der Waals surface area contributed by atoms with Gasteiger partial charge in [0, 0.05) is 6.07 Å². The van der Waals surface area contributed by atoms with Gasteiger partial charge < -0.3 is 25.2 Å². The number of phenolic OH excluding ortho intramolecular Hbond substituents is 1. The zero-order valence-electron chi connectivity index (χ0n) is 15.8. The highest BCUT2D eigenvalue weighted by molar-refractivity contribution is 5.95. The van der Waals surface area contributed by atoms with E-state index in [9.17, 15) is 24.3 Å². The molecule has 3 aromatic rings. The highest BCUT2D eigenvalue weighted by atomic mass is 16.5. The van der Waals surface area contributed by atoms with Crippen LogP contribution in [0.15, 0.2) is 72.8 Å². The molecule has 4 N–H and O–H groups in total. The van der Waals surface area contributed by atoms with Crippen molar-refractivity contribution in [1.29, 1.82) is 0 Å². The van der Waals surface area contributed by atoms with Gasteiger partial charge in [-0.2, -0.15) is 0 Å². The van der Waals surface area contributed by atoms with Crippen molar-refractivity contribution in [3.8, 4) is 11.5 Å². The molecule has 0 spiro atoms. The molecule has 3 rings (SSSR count). The number of aromatic carboxylic acids is 3. The van der Waals surface area contributed by atoms with Gasteiger partial charge in [0.2, 0.25) is 0 Å². The Balaban J connectivity index is 0.000000245. The Kier molecular flexibility index (Phi) is 7.45. The molecular weight excluding hydrogens is 408 g/mol. The molecule has 0 amide bonds. The average molecular weight is 424 g/mol. The number of esters is 1.